The molecule has 6 heteroatoms. The molecule has 0 unspecified atom stereocenters. The second-order valence-electron chi connectivity index (χ2n) is 5.43. The first-order valence-electron chi connectivity index (χ1n) is 7.69. The first-order chi connectivity index (χ1) is 12.1. The molecule has 0 atom stereocenters. The number of ether oxygens (including phenoxy) is 1. The van der Waals surface area contributed by atoms with Gasteiger partial charge < -0.3 is 4.74 Å². The van der Waals surface area contributed by atoms with Crippen molar-refractivity contribution in [1.82, 2.24) is 4.90 Å². The van der Waals surface area contributed by atoms with Crippen molar-refractivity contribution in [2.24, 2.45) is 4.99 Å². The molecule has 0 N–H and O–H groups in total. The van der Waals surface area contributed by atoms with Crippen molar-refractivity contribution >= 4 is 28.9 Å². The summed E-state index contributed by atoms with van der Waals surface area (Å²) < 4.78 is 19.3. The van der Waals surface area contributed by atoms with Crippen LogP contribution < -0.4 is 4.74 Å². The summed E-state index contributed by atoms with van der Waals surface area (Å²) in [7, 11) is 3.36. The molecule has 0 bridgehead atoms. The molecule has 3 rings (SSSR count). The number of rotatable bonds is 4. The molecule has 1 amide bonds. The standard InChI is InChI=1S/C19H17FN2O2S/c1-21-19-22(2)18(23)17(25-19)11-13-6-5-8-15(10-13)24-12-14-7-3-4-9-16(14)20/h3-11H,12H2,1-2H3/b17-11+,21-19?. The van der Waals surface area contributed by atoms with Crippen LogP contribution in [0.1, 0.15) is 11.1 Å². The lowest BCUT2D eigenvalue weighted by molar-refractivity contribution is -0.121. The number of aliphatic imine (C=N–C) groups is 1. The van der Waals surface area contributed by atoms with E-state index in [-0.39, 0.29) is 18.3 Å². The van der Waals surface area contributed by atoms with Crippen molar-refractivity contribution in [2.75, 3.05) is 14.1 Å². The van der Waals surface area contributed by atoms with Crippen molar-refractivity contribution in [3.63, 3.8) is 0 Å². The fraction of sp³-hybridized carbons (Fsp3) is 0.158. The highest BCUT2D eigenvalue weighted by atomic mass is 32.2. The van der Waals surface area contributed by atoms with Crippen molar-refractivity contribution in [3.8, 4) is 5.75 Å². The third-order valence-electron chi connectivity index (χ3n) is 3.70. The third-order valence-corrected chi connectivity index (χ3v) is 4.85. The number of amidine groups is 1. The molecule has 0 saturated carbocycles. The van der Waals surface area contributed by atoms with Gasteiger partial charge in [0.1, 0.15) is 18.2 Å². The summed E-state index contributed by atoms with van der Waals surface area (Å²) in [5.41, 5.74) is 1.34. The van der Waals surface area contributed by atoms with Gasteiger partial charge in [-0.2, -0.15) is 0 Å². The fourth-order valence-corrected chi connectivity index (χ4v) is 3.30. The average Bonchev–Trinajstić information content (AvgIpc) is 2.89. The van der Waals surface area contributed by atoms with Gasteiger partial charge >= 0.3 is 0 Å². The smallest absolute Gasteiger partial charge is 0.266 e. The normalized spacial score (nSPS) is 17.6. The molecule has 128 valence electrons. The van der Waals surface area contributed by atoms with E-state index in [0.29, 0.717) is 21.4 Å². The second kappa shape index (κ2) is 7.53. The van der Waals surface area contributed by atoms with Crippen molar-refractivity contribution in [3.05, 3.63) is 70.4 Å². The highest BCUT2D eigenvalue weighted by Gasteiger charge is 2.29. The van der Waals surface area contributed by atoms with Crippen LogP contribution in [0.2, 0.25) is 0 Å². The Morgan fingerprint density at radius 3 is 2.76 bits per heavy atom. The van der Waals surface area contributed by atoms with Gasteiger partial charge in [-0.1, -0.05) is 30.3 Å². The Morgan fingerprint density at radius 2 is 2.04 bits per heavy atom. The summed E-state index contributed by atoms with van der Waals surface area (Å²) in [5.74, 6) is 0.247. The third kappa shape index (κ3) is 3.91. The minimum absolute atomic E-state index is 0.0803. The molecular weight excluding hydrogens is 339 g/mol. The molecule has 1 fully saturated rings. The van der Waals surface area contributed by atoms with Gasteiger partial charge in [-0.05, 0) is 41.6 Å². The molecule has 0 aromatic heterocycles. The summed E-state index contributed by atoms with van der Waals surface area (Å²) in [4.78, 5) is 18.4. The maximum Gasteiger partial charge on any atom is 0.266 e. The topological polar surface area (TPSA) is 41.9 Å². The molecule has 2 aromatic carbocycles. The Balaban J connectivity index is 1.75. The molecule has 0 aliphatic carbocycles. The summed E-state index contributed by atoms with van der Waals surface area (Å²) in [6.07, 6.45) is 1.80. The number of likely N-dealkylation sites (N-methyl/N-ethyl adjacent to an activating group) is 1. The zero-order valence-electron chi connectivity index (χ0n) is 13.9. The predicted octanol–water partition coefficient (Wildman–Crippen LogP) is 3.94. The van der Waals surface area contributed by atoms with Crippen LogP contribution in [0.25, 0.3) is 6.08 Å². The Morgan fingerprint density at radius 1 is 1.24 bits per heavy atom. The maximum absolute atomic E-state index is 13.6. The maximum atomic E-state index is 13.6. The fourth-order valence-electron chi connectivity index (χ4n) is 2.37. The molecule has 0 spiro atoms. The Bertz CT molecular complexity index is 864. The quantitative estimate of drug-likeness (QED) is 0.780. The van der Waals surface area contributed by atoms with Gasteiger partial charge in [0.2, 0.25) is 0 Å². The number of hydrogen-bond donors (Lipinski definition) is 0. The summed E-state index contributed by atoms with van der Waals surface area (Å²) >= 11 is 1.34. The number of carbonyl (C=O) groups is 1. The molecule has 1 aliphatic rings. The van der Waals surface area contributed by atoms with Crippen molar-refractivity contribution < 1.29 is 13.9 Å². The van der Waals surface area contributed by atoms with E-state index in [9.17, 15) is 9.18 Å². The number of amides is 1. The predicted molar refractivity (Wildman–Crippen MR) is 98.9 cm³/mol. The van der Waals surface area contributed by atoms with Crippen LogP contribution in [0.3, 0.4) is 0 Å². The van der Waals surface area contributed by atoms with Gasteiger partial charge in [-0.3, -0.25) is 14.7 Å². The molecule has 1 saturated heterocycles. The zero-order chi connectivity index (χ0) is 17.8. The van der Waals surface area contributed by atoms with Gasteiger partial charge in [0.15, 0.2) is 5.17 Å². The lowest BCUT2D eigenvalue weighted by Gasteiger charge is -2.08. The van der Waals surface area contributed by atoms with Crippen LogP contribution in [0, 0.1) is 5.82 Å². The lowest BCUT2D eigenvalue weighted by atomic mass is 10.2. The highest BCUT2D eigenvalue weighted by Crippen LogP contribution is 2.31. The van der Waals surface area contributed by atoms with Gasteiger partial charge in [-0.25, -0.2) is 4.39 Å². The van der Waals surface area contributed by atoms with Crippen LogP contribution in [0.4, 0.5) is 4.39 Å². The zero-order valence-corrected chi connectivity index (χ0v) is 14.7. The second-order valence-corrected chi connectivity index (χ2v) is 6.44. The van der Waals surface area contributed by atoms with Crippen LogP contribution in [-0.2, 0) is 11.4 Å². The van der Waals surface area contributed by atoms with E-state index in [4.69, 9.17) is 4.74 Å². The molecule has 0 radical (unpaired) electrons. The Labute approximate surface area is 150 Å². The van der Waals surface area contributed by atoms with Crippen LogP contribution in [0.5, 0.6) is 5.75 Å². The number of halogens is 1. The molecule has 25 heavy (non-hydrogen) atoms. The largest absolute Gasteiger partial charge is 0.489 e. The number of benzene rings is 2. The highest BCUT2D eigenvalue weighted by molar-refractivity contribution is 8.18. The summed E-state index contributed by atoms with van der Waals surface area (Å²) in [6.45, 7) is 0.149. The molecule has 4 nitrogen and oxygen atoms in total. The first-order valence-corrected chi connectivity index (χ1v) is 8.51. The number of hydrogen-bond acceptors (Lipinski definition) is 4. The summed E-state index contributed by atoms with van der Waals surface area (Å²) in [6, 6.07) is 13.9. The molecular formula is C19H17FN2O2S. The van der Waals surface area contributed by atoms with E-state index in [1.54, 1.807) is 44.4 Å². The van der Waals surface area contributed by atoms with E-state index in [1.807, 2.05) is 18.2 Å². The van der Waals surface area contributed by atoms with Crippen LogP contribution in [-0.4, -0.2) is 30.1 Å². The van der Waals surface area contributed by atoms with Gasteiger partial charge in [0.05, 0.1) is 4.91 Å². The summed E-state index contributed by atoms with van der Waals surface area (Å²) in [5, 5.41) is 0.670. The van der Waals surface area contributed by atoms with E-state index in [2.05, 4.69) is 4.99 Å². The molecule has 1 aliphatic heterocycles. The Kier molecular flexibility index (Phi) is 5.19. The first kappa shape index (κ1) is 17.2. The van der Waals surface area contributed by atoms with Crippen LogP contribution in [0.15, 0.2) is 58.4 Å². The van der Waals surface area contributed by atoms with Gasteiger partial charge in [0.25, 0.3) is 5.91 Å². The van der Waals surface area contributed by atoms with Gasteiger partial charge in [-0.15, -0.1) is 0 Å². The van der Waals surface area contributed by atoms with E-state index >= 15 is 0 Å². The molecule has 1 heterocycles. The minimum Gasteiger partial charge on any atom is -0.489 e. The Hall–Kier alpha value is -2.60. The van der Waals surface area contributed by atoms with Crippen molar-refractivity contribution in [2.45, 2.75) is 6.61 Å². The van der Waals surface area contributed by atoms with E-state index in [1.165, 1.54) is 22.7 Å². The average molecular weight is 356 g/mol. The number of thioether (sulfide) groups is 1. The number of carbonyl (C=O) groups excluding carboxylic acids is 1. The lowest BCUT2D eigenvalue weighted by Crippen LogP contribution is -2.23. The monoisotopic (exact) mass is 356 g/mol. The van der Waals surface area contributed by atoms with Crippen molar-refractivity contribution in [1.29, 1.82) is 0 Å². The van der Waals surface area contributed by atoms with E-state index < -0.39 is 0 Å². The van der Waals surface area contributed by atoms with Gasteiger partial charge in [0, 0.05) is 19.7 Å². The number of nitrogens with zero attached hydrogens (tertiary/aromatic N) is 2. The van der Waals surface area contributed by atoms with Crippen LogP contribution >= 0.6 is 11.8 Å². The SMILES string of the molecule is CN=C1S/C(=C/c2cccc(OCc3ccccc3F)c2)C(=O)N1C. The molecule has 2 aromatic rings. The minimum atomic E-state index is -0.289. The van der Waals surface area contributed by atoms with E-state index in [0.717, 1.165) is 5.56 Å².